The summed E-state index contributed by atoms with van der Waals surface area (Å²) in [4.78, 5) is 12.2. The summed E-state index contributed by atoms with van der Waals surface area (Å²) in [6.07, 6.45) is 0.304. The van der Waals surface area contributed by atoms with Crippen molar-refractivity contribution >= 4 is 10.0 Å². The minimum absolute atomic E-state index is 0.102. The molecule has 27 heavy (non-hydrogen) atoms. The molecule has 148 valence electrons. The highest BCUT2D eigenvalue weighted by molar-refractivity contribution is 7.89. The molecule has 0 radical (unpaired) electrons. The number of alkyl halides is 3. The summed E-state index contributed by atoms with van der Waals surface area (Å²) in [7, 11) is -3.95. The molecule has 0 amide bonds. The molecular formula is C15H18F3N5O3S. The van der Waals surface area contributed by atoms with Gasteiger partial charge in [-0.15, -0.1) is 0 Å². The van der Waals surface area contributed by atoms with Gasteiger partial charge in [0.2, 0.25) is 21.7 Å². The van der Waals surface area contributed by atoms with Crippen LogP contribution in [0.5, 0.6) is 0 Å². The van der Waals surface area contributed by atoms with Crippen molar-refractivity contribution in [3.05, 3.63) is 24.5 Å². The Labute approximate surface area is 153 Å². The number of nitrogens with zero attached hydrogens (tertiary/aromatic N) is 5. The fourth-order valence-corrected chi connectivity index (χ4v) is 4.52. The third-order valence-corrected chi connectivity index (χ3v) is 6.08. The largest absolute Gasteiger partial charge is 0.390 e. The Kier molecular flexibility index (Phi) is 5.75. The Hall–Kier alpha value is -2.08. The van der Waals surface area contributed by atoms with E-state index in [1.165, 1.54) is 18.6 Å². The van der Waals surface area contributed by atoms with Crippen LogP contribution in [0.15, 0.2) is 23.1 Å². The van der Waals surface area contributed by atoms with E-state index in [9.17, 15) is 21.6 Å². The molecule has 0 saturated carbocycles. The summed E-state index contributed by atoms with van der Waals surface area (Å²) in [5.41, 5.74) is 0.451. The van der Waals surface area contributed by atoms with E-state index in [0.717, 1.165) is 10.7 Å². The van der Waals surface area contributed by atoms with Crippen molar-refractivity contribution in [1.29, 1.82) is 0 Å². The maximum atomic E-state index is 12.3. The highest BCUT2D eigenvalue weighted by Gasteiger charge is 2.34. The van der Waals surface area contributed by atoms with Crippen LogP contribution in [0.4, 0.5) is 13.2 Å². The average molecular weight is 405 g/mol. The van der Waals surface area contributed by atoms with Gasteiger partial charge in [0.1, 0.15) is 5.69 Å². The standard InChI is InChI=1S/C15H18F3N5O3S/c16-15(17,18)3-7-27(24,25)23-6-1-2-11(10-23)8-13-21-14(22-26-13)12-9-19-4-5-20-12/h4-5,9,11H,1-3,6-8,10H2/t11-/m0/s1. The minimum Gasteiger partial charge on any atom is -0.339 e. The first-order valence-corrected chi connectivity index (χ1v) is 9.97. The Balaban J connectivity index is 1.61. The zero-order chi connectivity index (χ0) is 19.5. The Morgan fingerprint density at radius 2 is 2.11 bits per heavy atom. The lowest BCUT2D eigenvalue weighted by Gasteiger charge is -2.31. The number of hydrogen-bond donors (Lipinski definition) is 0. The lowest BCUT2D eigenvalue weighted by Crippen LogP contribution is -2.42. The third-order valence-electron chi connectivity index (χ3n) is 4.24. The maximum Gasteiger partial charge on any atom is 0.390 e. The quantitative estimate of drug-likeness (QED) is 0.725. The molecule has 0 unspecified atom stereocenters. The summed E-state index contributed by atoms with van der Waals surface area (Å²) in [6, 6.07) is 0. The second-order valence-corrected chi connectivity index (χ2v) is 8.44. The summed E-state index contributed by atoms with van der Waals surface area (Å²) in [5, 5.41) is 3.83. The van der Waals surface area contributed by atoms with Crippen molar-refractivity contribution in [2.75, 3.05) is 18.8 Å². The molecule has 0 aromatic carbocycles. The molecule has 0 spiro atoms. The molecule has 2 aromatic rings. The normalized spacial score (nSPS) is 19.3. The van der Waals surface area contributed by atoms with Crippen molar-refractivity contribution in [3.8, 4) is 11.5 Å². The second-order valence-electron chi connectivity index (χ2n) is 6.35. The number of halogens is 3. The molecule has 3 rings (SSSR count). The predicted octanol–water partition coefficient (Wildman–Crippen LogP) is 2.06. The molecule has 0 aliphatic carbocycles. The van der Waals surface area contributed by atoms with Crippen LogP contribution < -0.4 is 0 Å². The Bertz CT molecular complexity index is 857. The van der Waals surface area contributed by atoms with Gasteiger partial charge in [-0.05, 0) is 18.8 Å². The van der Waals surface area contributed by atoms with Crippen molar-refractivity contribution in [1.82, 2.24) is 24.4 Å². The van der Waals surface area contributed by atoms with Gasteiger partial charge < -0.3 is 4.52 Å². The zero-order valence-corrected chi connectivity index (χ0v) is 15.1. The lowest BCUT2D eigenvalue weighted by molar-refractivity contribution is -0.130. The van der Waals surface area contributed by atoms with E-state index < -0.39 is 28.4 Å². The van der Waals surface area contributed by atoms with Gasteiger partial charge in [0.05, 0.1) is 18.4 Å². The summed E-state index contributed by atoms with van der Waals surface area (Å²) in [6.45, 7) is 0.369. The predicted molar refractivity (Wildman–Crippen MR) is 87.8 cm³/mol. The number of sulfonamides is 1. The molecule has 1 atom stereocenters. The fraction of sp³-hybridized carbons (Fsp3) is 0.600. The molecule has 8 nitrogen and oxygen atoms in total. The molecule has 1 saturated heterocycles. The van der Waals surface area contributed by atoms with Crippen LogP contribution in [-0.4, -0.2) is 57.9 Å². The number of piperidine rings is 1. The highest BCUT2D eigenvalue weighted by atomic mass is 32.2. The minimum atomic E-state index is -4.50. The molecule has 3 heterocycles. The van der Waals surface area contributed by atoms with Gasteiger partial charge >= 0.3 is 6.18 Å². The van der Waals surface area contributed by atoms with Crippen molar-refractivity contribution in [2.24, 2.45) is 5.92 Å². The first-order valence-electron chi connectivity index (χ1n) is 8.36. The van der Waals surface area contributed by atoms with Gasteiger partial charge in [0, 0.05) is 31.9 Å². The van der Waals surface area contributed by atoms with Crippen LogP contribution in [0.2, 0.25) is 0 Å². The Morgan fingerprint density at radius 3 is 2.81 bits per heavy atom. The number of hydrogen-bond acceptors (Lipinski definition) is 7. The van der Waals surface area contributed by atoms with Crippen LogP contribution in [0.1, 0.15) is 25.2 Å². The third kappa shape index (κ3) is 5.45. The van der Waals surface area contributed by atoms with E-state index in [1.807, 2.05) is 0 Å². The van der Waals surface area contributed by atoms with Gasteiger partial charge in [0.15, 0.2) is 0 Å². The monoisotopic (exact) mass is 405 g/mol. The first-order chi connectivity index (χ1) is 12.7. The van der Waals surface area contributed by atoms with Crippen molar-refractivity contribution in [2.45, 2.75) is 31.9 Å². The molecule has 1 fully saturated rings. The van der Waals surface area contributed by atoms with Gasteiger partial charge in [-0.25, -0.2) is 17.7 Å². The average Bonchev–Trinajstić information content (AvgIpc) is 3.09. The summed E-state index contributed by atoms with van der Waals surface area (Å²) < 4.78 is 67.7. The topological polar surface area (TPSA) is 102 Å². The summed E-state index contributed by atoms with van der Waals surface area (Å²) >= 11 is 0. The zero-order valence-electron chi connectivity index (χ0n) is 14.3. The molecule has 12 heteroatoms. The second kappa shape index (κ2) is 7.89. The number of aromatic nitrogens is 4. The molecular weight excluding hydrogens is 387 g/mol. The van der Waals surface area contributed by atoms with Gasteiger partial charge in [-0.1, -0.05) is 5.16 Å². The molecule has 1 aliphatic heterocycles. The molecule has 0 bridgehead atoms. The van der Waals surface area contributed by atoms with Crippen LogP contribution in [0, 0.1) is 5.92 Å². The van der Waals surface area contributed by atoms with Crippen LogP contribution in [0.3, 0.4) is 0 Å². The highest BCUT2D eigenvalue weighted by Crippen LogP contribution is 2.26. The van der Waals surface area contributed by atoms with E-state index in [2.05, 4.69) is 20.1 Å². The smallest absolute Gasteiger partial charge is 0.339 e. The SMILES string of the molecule is O=S(=O)(CCC(F)(F)F)N1CCC[C@@H](Cc2nc(-c3cnccn3)no2)C1. The van der Waals surface area contributed by atoms with Crippen molar-refractivity contribution in [3.63, 3.8) is 0 Å². The van der Waals surface area contributed by atoms with E-state index in [-0.39, 0.29) is 24.8 Å². The molecule has 0 N–H and O–H groups in total. The van der Waals surface area contributed by atoms with E-state index >= 15 is 0 Å². The maximum absolute atomic E-state index is 12.3. The van der Waals surface area contributed by atoms with Crippen LogP contribution in [0.25, 0.3) is 11.5 Å². The Morgan fingerprint density at radius 1 is 1.30 bits per heavy atom. The van der Waals surface area contributed by atoms with Crippen LogP contribution >= 0.6 is 0 Å². The van der Waals surface area contributed by atoms with Gasteiger partial charge in [-0.2, -0.15) is 18.2 Å². The first kappa shape index (κ1) is 19.7. The lowest BCUT2D eigenvalue weighted by atomic mass is 9.96. The fourth-order valence-electron chi connectivity index (χ4n) is 2.92. The van der Waals surface area contributed by atoms with Crippen LogP contribution in [-0.2, 0) is 16.4 Å². The van der Waals surface area contributed by atoms with E-state index in [1.54, 1.807) is 0 Å². The van der Waals surface area contributed by atoms with Gasteiger partial charge in [-0.3, -0.25) is 4.98 Å². The van der Waals surface area contributed by atoms with Crippen molar-refractivity contribution < 1.29 is 26.1 Å². The van der Waals surface area contributed by atoms with Gasteiger partial charge in [0.25, 0.3) is 0 Å². The summed E-state index contributed by atoms with van der Waals surface area (Å²) in [5.74, 6) is -0.422. The molecule has 1 aliphatic rings. The number of rotatable bonds is 6. The van der Waals surface area contributed by atoms with E-state index in [0.29, 0.717) is 24.4 Å². The molecule has 2 aromatic heterocycles. The van der Waals surface area contributed by atoms with E-state index in [4.69, 9.17) is 4.52 Å².